The van der Waals surface area contributed by atoms with Gasteiger partial charge in [-0.15, -0.1) is 25.2 Å². The Bertz CT molecular complexity index is 4660. The van der Waals surface area contributed by atoms with Crippen LogP contribution in [0.4, 0.5) is 0 Å². The summed E-state index contributed by atoms with van der Waals surface area (Å²) in [5, 5.41) is 38.1. The highest BCUT2D eigenvalue weighted by Gasteiger charge is 2.24. The predicted octanol–water partition coefficient (Wildman–Crippen LogP) is 3.16. The van der Waals surface area contributed by atoms with E-state index in [1.807, 2.05) is 13.8 Å². The predicted molar refractivity (Wildman–Crippen MR) is 309 cm³/mol. The molecule has 0 spiro atoms. The molecule has 434 valence electrons. The zero-order chi connectivity index (χ0) is 62.8. The maximum atomic E-state index is 12.0. The van der Waals surface area contributed by atoms with E-state index in [0.717, 1.165) is 75.8 Å². The van der Waals surface area contributed by atoms with Gasteiger partial charge in [-0.1, -0.05) is 63.9 Å². The number of terminal acetylenes is 1. The van der Waals surface area contributed by atoms with E-state index < -0.39 is 17.1 Å². The molecule has 0 aliphatic carbocycles. The molecule has 0 saturated heterocycles. The zero-order valence-corrected chi connectivity index (χ0v) is 50.4. The molecule has 0 aliphatic heterocycles. The number of ether oxygens (including phenoxy) is 5. The van der Waals surface area contributed by atoms with Crippen LogP contribution in [0.2, 0.25) is 0 Å². The van der Waals surface area contributed by atoms with E-state index in [9.17, 15) is 19.2 Å². The Hall–Kier alpha value is -9.18. The van der Waals surface area contributed by atoms with E-state index in [-0.39, 0.29) is 56.8 Å². The highest BCUT2D eigenvalue weighted by atomic mass is 32.1. The summed E-state index contributed by atoms with van der Waals surface area (Å²) in [7, 11) is 6.02. The third-order valence-corrected chi connectivity index (χ3v) is 16.2. The van der Waals surface area contributed by atoms with E-state index in [0.29, 0.717) is 77.3 Å². The number of hydrogen-bond acceptors (Lipinski definition) is 33. The van der Waals surface area contributed by atoms with Crippen molar-refractivity contribution < 1.29 is 29.2 Å². The van der Waals surface area contributed by atoms with E-state index in [2.05, 4.69) is 91.6 Å². The fourth-order valence-corrected chi connectivity index (χ4v) is 10.9. The Balaban J connectivity index is 0.000000140. The quantitative estimate of drug-likeness (QED) is 0.105. The fourth-order valence-electron chi connectivity index (χ4n) is 6.33. The Morgan fingerprint density at radius 2 is 0.869 bits per heavy atom. The molecule has 12 aromatic rings. The molecule has 12 rings (SSSR count). The molecule has 0 N–H and O–H groups in total. The molecule has 0 saturated carbocycles. The van der Waals surface area contributed by atoms with Crippen molar-refractivity contribution >= 4 is 97.6 Å². The average Bonchev–Trinajstić information content (AvgIpc) is 3.32. The minimum atomic E-state index is -0.433. The molecule has 0 atom stereocenters. The normalized spacial score (nSPS) is 11.4. The SMILES string of the molecule is [3H]c1csc(OCc2c(-n3nnn(C)c3=O)nsc2C#C)n1.[3H]c1csc(OCc2c(-n3nnn(C)c3=O)nsc2C)n1.[3H]c1csc(OCc2c(-n3nnn(C)c3=O)nsc2C=C)n1.[3H]c1csc(OCc2c(-n3nnn(C)c3=O)nsc2OCC)n1. The van der Waals surface area contributed by atoms with Crippen LogP contribution in [0.5, 0.6) is 25.8 Å². The van der Waals surface area contributed by atoms with E-state index in [1.54, 1.807) is 27.6 Å². The first-order valence-corrected chi connectivity index (χ1v) is 29.8. The first kappa shape index (κ1) is 54.1. The van der Waals surface area contributed by atoms with Crippen molar-refractivity contribution in [3.8, 4) is 61.5 Å². The Morgan fingerprint density at radius 1 is 0.512 bits per heavy atom. The molecule has 0 bridgehead atoms. The second-order valence-electron chi connectivity index (χ2n) is 15.6. The second kappa shape index (κ2) is 27.7. The minimum absolute atomic E-state index is 0.0708. The van der Waals surface area contributed by atoms with Crippen LogP contribution in [0.15, 0.2) is 72.0 Å². The van der Waals surface area contributed by atoms with Crippen LogP contribution in [-0.4, -0.2) is 123 Å². The fraction of sp³-hybridized carbons (Fsp3) is 0.256. The molecule has 0 radical (unpaired) electrons. The number of nitrogens with zero attached hydrogens (tertiary/aromatic N) is 24. The number of tetrazole rings is 4. The minimum Gasteiger partial charge on any atom is -0.483 e. The van der Waals surface area contributed by atoms with Crippen LogP contribution >= 0.6 is 91.5 Å². The zero-order valence-electron chi connectivity index (χ0n) is 47.9. The summed E-state index contributed by atoms with van der Waals surface area (Å²) in [4.78, 5) is 65.7. The largest absolute Gasteiger partial charge is 0.483 e. The molecule has 84 heavy (non-hydrogen) atoms. The number of hydrogen-bond donors (Lipinski definition) is 0. The molecular weight excluding hydrogens is 1250 g/mol. The van der Waals surface area contributed by atoms with E-state index in [4.69, 9.17) is 35.6 Å². The van der Waals surface area contributed by atoms with Crippen molar-refractivity contribution in [2.75, 3.05) is 6.61 Å². The number of aryl methyl sites for hydroxylation is 5. The standard InChI is InChI=1S/C11H12N6O3S2.C11H10N6O2S2.C11H8N6O2S2.C10H10N6O2S2/c1-3-19-9-7(6-20-10-12-4-5-21-10)8(13-22-9)17-11(18)16(2)14-15-17;2*1-3-8-7(6-19-10-12-4-5-20-10)9(13-21-8)17-11(18)16(2)14-15-17;1-6-7(5-18-9-11-3-4-19-9)8(12-20-6)16-10(17)15(2)13-14-16/h4-5H,3,6H2,1-2H3;3-5H,1,6H2,2H3;1,4-5H,6H2,2H3;3-4H,5H2,1-2H3/i3*4T;3T. The average molecular weight is 1300 g/mol. The summed E-state index contributed by atoms with van der Waals surface area (Å²) in [5.41, 5.74) is 0.945. The summed E-state index contributed by atoms with van der Waals surface area (Å²) in [6, 6.07) is 0. The lowest BCUT2D eigenvalue weighted by Gasteiger charge is -2.06. The molecule has 0 aliphatic rings. The lowest BCUT2D eigenvalue weighted by molar-refractivity contribution is 0.288. The van der Waals surface area contributed by atoms with Crippen LogP contribution in [0.25, 0.3) is 29.3 Å². The van der Waals surface area contributed by atoms with E-state index in [1.165, 1.54) is 96.6 Å². The summed E-state index contributed by atoms with van der Waals surface area (Å²) in [6.45, 7) is 8.44. The smallest absolute Gasteiger partial charge is 0.369 e. The number of rotatable bonds is 19. The summed E-state index contributed by atoms with van der Waals surface area (Å²) in [6.07, 6.45) is 7.68. The number of aromatic nitrogens is 24. The Labute approximate surface area is 508 Å². The van der Waals surface area contributed by atoms with Gasteiger partial charge in [0, 0.05) is 96.4 Å². The van der Waals surface area contributed by atoms with Crippen molar-refractivity contribution in [1.82, 2.24) is 117 Å². The second-order valence-corrected chi connectivity index (χ2v) is 22.1. The van der Waals surface area contributed by atoms with Gasteiger partial charge in [0.15, 0.2) is 23.3 Å². The highest BCUT2D eigenvalue weighted by Crippen LogP contribution is 2.31. The molecule has 0 aromatic carbocycles. The maximum absolute atomic E-state index is 12.0. The van der Waals surface area contributed by atoms with Gasteiger partial charge in [-0.2, -0.15) is 36.2 Å². The van der Waals surface area contributed by atoms with Gasteiger partial charge in [0.25, 0.3) is 20.8 Å². The third-order valence-electron chi connectivity index (χ3n) is 10.4. The van der Waals surface area contributed by atoms with Crippen LogP contribution in [0, 0.1) is 19.3 Å². The van der Waals surface area contributed by atoms with Gasteiger partial charge < -0.3 is 23.7 Å². The van der Waals surface area contributed by atoms with Gasteiger partial charge in [0.2, 0.25) is 5.06 Å². The lowest BCUT2D eigenvalue weighted by Crippen LogP contribution is -2.23. The van der Waals surface area contributed by atoms with Crippen LogP contribution in [0.3, 0.4) is 0 Å². The van der Waals surface area contributed by atoms with Gasteiger partial charge in [0.1, 0.15) is 31.3 Å². The van der Waals surface area contributed by atoms with Crippen LogP contribution in [0.1, 0.15) is 49.3 Å². The van der Waals surface area contributed by atoms with Gasteiger partial charge in [-0.25, -0.2) is 39.1 Å². The molecule has 12 heterocycles. The molecule has 0 fully saturated rings. The lowest BCUT2D eigenvalue weighted by atomic mass is 10.2. The van der Waals surface area contributed by atoms with Crippen molar-refractivity contribution in [2.24, 2.45) is 28.2 Å². The van der Waals surface area contributed by atoms with Crippen molar-refractivity contribution in [3.05, 3.63) is 132 Å². The topological polar surface area (TPSA) is 360 Å². The van der Waals surface area contributed by atoms with E-state index >= 15 is 0 Å². The molecule has 41 heteroatoms. The summed E-state index contributed by atoms with van der Waals surface area (Å²) in [5.74, 6) is 3.89. The summed E-state index contributed by atoms with van der Waals surface area (Å²) >= 11 is 9.54. The van der Waals surface area contributed by atoms with Gasteiger partial charge in [0.05, 0.1) is 33.7 Å². The highest BCUT2D eigenvalue weighted by molar-refractivity contribution is 7.12. The maximum Gasteiger partial charge on any atom is 0.369 e. The molecule has 33 nitrogen and oxygen atoms in total. The third kappa shape index (κ3) is 13.7. The first-order valence-electron chi connectivity index (χ1n) is 25.2. The van der Waals surface area contributed by atoms with Crippen molar-refractivity contribution in [3.63, 3.8) is 0 Å². The van der Waals surface area contributed by atoms with Gasteiger partial charge >= 0.3 is 22.8 Å². The number of thiazole rings is 4. The van der Waals surface area contributed by atoms with Crippen molar-refractivity contribution in [2.45, 2.75) is 40.3 Å². The molecular formula is C43H40N24O9S8. The monoisotopic (exact) mass is 1300 g/mol. The van der Waals surface area contributed by atoms with Gasteiger partial charge in [-0.05, 0) is 90.2 Å². The molecule has 0 unspecified atom stereocenters. The van der Waals surface area contributed by atoms with Crippen LogP contribution < -0.4 is 46.4 Å². The summed E-state index contributed by atoms with van der Waals surface area (Å²) < 4.78 is 82.9. The Kier molecular flexibility index (Phi) is 17.9. The van der Waals surface area contributed by atoms with Crippen molar-refractivity contribution in [1.29, 1.82) is 0 Å². The molecule has 12 aromatic heterocycles. The molecule has 0 amide bonds. The Morgan fingerprint density at radius 3 is 1.25 bits per heavy atom. The van der Waals surface area contributed by atoms with Gasteiger partial charge in [-0.3, -0.25) is 0 Å². The van der Waals surface area contributed by atoms with Crippen LogP contribution in [-0.2, 0) is 54.6 Å². The first-order chi connectivity index (χ1) is 42.3.